The Hall–Kier alpha value is -2.28. The van der Waals surface area contributed by atoms with E-state index < -0.39 is 7.12 Å². The maximum atomic E-state index is 9.52. The smallest absolute Gasteiger partial charge is 0.423 e. The molecule has 0 heterocycles. The normalized spacial score (nSPS) is 12.0. The van der Waals surface area contributed by atoms with Crippen LogP contribution in [0.4, 0.5) is 0 Å². The Morgan fingerprint density at radius 3 is 2.50 bits per heavy atom. The van der Waals surface area contributed by atoms with Gasteiger partial charge in [-0.05, 0) is 50.8 Å². The number of hydrogen-bond acceptors (Lipinski definition) is 2. The topological polar surface area (TPSA) is 40.5 Å². The largest absolute Gasteiger partial charge is 0.489 e. The van der Waals surface area contributed by atoms with Gasteiger partial charge in [0.15, 0.2) is 0 Å². The van der Waals surface area contributed by atoms with Crippen LogP contribution in [0.3, 0.4) is 0 Å². The molecule has 2 N–H and O–H groups in total. The van der Waals surface area contributed by atoms with E-state index in [2.05, 4.69) is 5.92 Å². The summed E-state index contributed by atoms with van der Waals surface area (Å²) in [4.78, 5) is 0. The Morgan fingerprint density at radius 1 is 1.05 bits per heavy atom. The Morgan fingerprint density at radius 2 is 1.80 bits per heavy atom. The van der Waals surface area contributed by atoms with E-state index in [-0.39, 0.29) is 0 Å². The lowest BCUT2D eigenvalue weighted by Gasteiger charge is -2.12. The molecular weight excluding hydrogens is 247 g/mol. The van der Waals surface area contributed by atoms with Gasteiger partial charge < -0.3 is 10.0 Å². The molecule has 20 heavy (non-hydrogen) atoms. The zero-order valence-electron chi connectivity index (χ0n) is 11.1. The second-order valence-electron chi connectivity index (χ2n) is 4.90. The molecule has 0 aliphatic heterocycles. The number of hydrogen-bond donors (Lipinski definition) is 2. The molecule has 0 aliphatic carbocycles. The van der Waals surface area contributed by atoms with Crippen LogP contribution in [0.2, 0.25) is 0 Å². The highest BCUT2D eigenvalue weighted by Gasteiger charge is 2.17. The summed E-state index contributed by atoms with van der Waals surface area (Å²) in [6.45, 7) is 2.03. The lowest BCUT2D eigenvalue weighted by atomic mass is 9.75. The monoisotopic (exact) mass is 260 g/mol. The zero-order chi connectivity index (χ0) is 14.3. The predicted molar refractivity (Wildman–Crippen MR) is 84.5 cm³/mol. The maximum absolute atomic E-state index is 9.52. The third kappa shape index (κ3) is 1.78. The highest BCUT2D eigenvalue weighted by atomic mass is 16.4. The van der Waals surface area contributed by atoms with Crippen LogP contribution in [0.1, 0.15) is 5.56 Å². The minimum atomic E-state index is -1.48. The minimum absolute atomic E-state index is 0.514. The van der Waals surface area contributed by atoms with Crippen molar-refractivity contribution in [1.82, 2.24) is 0 Å². The summed E-state index contributed by atoms with van der Waals surface area (Å²) in [6.07, 6.45) is 7.13. The standard InChI is InChI=1S/C17H13BO2/c1-3-4-12-6-7-13-8-10-15(18(19)20)14-9-5-11(2)16(12)17(13)14/h1,4-10,19-20H,2H3/b12-4-. The van der Waals surface area contributed by atoms with Gasteiger partial charge in [-0.15, -0.1) is 6.42 Å². The molecule has 2 nitrogen and oxygen atoms in total. The average Bonchev–Trinajstić information content (AvgIpc) is 2.43. The van der Waals surface area contributed by atoms with E-state index in [1.807, 2.05) is 37.3 Å². The van der Waals surface area contributed by atoms with Crippen molar-refractivity contribution in [3.05, 3.63) is 47.2 Å². The second-order valence-corrected chi connectivity index (χ2v) is 4.90. The molecule has 3 aromatic rings. The van der Waals surface area contributed by atoms with Crippen LogP contribution in [-0.2, 0) is 0 Å². The number of benzene rings is 3. The van der Waals surface area contributed by atoms with Crippen LogP contribution in [0.25, 0.3) is 27.6 Å². The molecular formula is C17H13BO2. The molecule has 0 radical (unpaired) electrons. The van der Waals surface area contributed by atoms with E-state index in [0.717, 1.165) is 32.3 Å². The van der Waals surface area contributed by atoms with Gasteiger partial charge in [0.25, 0.3) is 0 Å². The molecule has 0 bridgehead atoms. The Labute approximate surface area is 117 Å². The molecule has 96 valence electrons. The third-order valence-electron chi connectivity index (χ3n) is 3.70. The quantitative estimate of drug-likeness (QED) is 0.508. The fraction of sp³-hybridized carbons (Fsp3) is 0.0588. The van der Waals surface area contributed by atoms with Crippen LogP contribution < -0.4 is 10.7 Å². The molecule has 0 spiro atoms. The number of terminal acetylenes is 1. The van der Waals surface area contributed by atoms with Crippen LogP contribution in [-0.4, -0.2) is 17.2 Å². The third-order valence-corrected chi connectivity index (χ3v) is 3.70. The van der Waals surface area contributed by atoms with Crippen molar-refractivity contribution in [1.29, 1.82) is 0 Å². The van der Waals surface area contributed by atoms with Crippen LogP contribution >= 0.6 is 0 Å². The first-order valence-corrected chi connectivity index (χ1v) is 6.40. The van der Waals surface area contributed by atoms with Crippen molar-refractivity contribution in [3.8, 4) is 12.3 Å². The van der Waals surface area contributed by atoms with E-state index in [1.165, 1.54) is 0 Å². The van der Waals surface area contributed by atoms with E-state index in [1.54, 1.807) is 12.1 Å². The van der Waals surface area contributed by atoms with Gasteiger partial charge in [-0.2, -0.15) is 0 Å². The Balaban J connectivity index is 2.63. The van der Waals surface area contributed by atoms with E-state index in [9.17, 15) is 10.0 Å². The first-order valence-electron chi connectivity index (χ1n) is 6.40. The number of aryl methyl sites for hydroxylation is 1. The highest BCUT2D eigenvalue weighted by molar-refractivity contribution is 6.62. The summed E-state index contributed by atoms with van der Waals surface area (Å²) in [5.41, 5.74) is 1.63. The summed E-state index contributed by atoms with van der Waals surface area (Å²) in [7, 11) is -1.48. The maximum Gasteiger partial charge on any atom is 0.489 e. The molecule has 0 saturated carbocycles. The summed E-state index contributed by atoms with van der Waals surface area (Å²) in [5, 5.41) is 24.0. The summed E-state index contributed by atoms with van der Waals surface area (Å²) >= 11 is 0. The van der Waals surface area contributed by atoms with E-state index >= 15 is 0 Å². The fourth-order valence-corrected chi connectivity index (χ4v) is 2.81. The highest BCUT2D eigenvalue weighted by Crippen LogP contribution is 2.25. The van der Waals surface area contributed by atoms with Gasteiger partial charge >= 0.3 is 7.12 Å². The summed E-state index contributed by atoms with van der Waals surface area (Å²) < 4.78 is 0. The first kappa shape index (κ1) is 12.7. The van der Waals surface area contributed by atoms with Crippen molar-refractivity contribution in [2.75, 3.05) is 0 Å². The molecule has 0 aromatic heterocycles. The van der Waals surface area contributed by atoms with Crippen molar-refractivity contribution in [2.45, 2.75) is 6.92 Å². The van der Waals surface area contributed by atoms with Gasteiger partial charge in [0.05, 0.1) is 0 Å². The fourth-order valence-electron chi connectivity index (χ4n) is 2.81. The van der Waals surface area contributed by atoms with E-state index in [0.29, 0.717) is 5.46 Å². The lowest BCUT2D eigenvalue weighted by molar-refractivity contribution is 0.426. The van der Waals surface area contributed by atoms with Crippen LogP contribution in [0.5, 0.6) is 0 Å². The molecule has 0 fully saturated rings. The van der Waals surface area contributed by atoms with Gasteiger partial charge in [0.2, 0.25) is 0 Å². The second kappa shape index (κ2) is 4.68. The summed E-state index contributed by atoms with van der Waals surface area (Å²) in [6, 6.07) is 11.6. The van der Waals surface area contributed by atoms with Gasteiger partial charge in [0.1, 0.15) is 0 Å². The SMILES string of the molecule is C#C/C=c1/ccc2ccc(B(O)O)c3ccc(C)c1c23. The van der Waals surface area contributed by atoms with Gasteiger partial charge in [-0.3, -0.25) is 0 Å². The van der Waals surface area contributed by atoms with Crippen LogP contribution in [0, 0.1) is 19.3 Å². The molecule has 0 unspecified atom stereocenters. The van der Waals surface area contributed by atoms with Crippen molar-refractivity contribution in [2.24, 2.45) is 0 Å². The molecule has 3 heteroatoms. The number of rotatable bonds is 1. The van der Waals surface area contributed by atoms with E-state index in [4.69, 9.17) is 6.42 Å². The molecule has 0 atom stereocenters. The molecule has 3 aromatic carbocycles. The van der Waals surface area contributed by atoms with Crippen molar-refractivity contribution in [3.63, 3.8) is 0 Å². The molecule has 0 saturated heterocycles. The Bertz CT molecular complexity index is 904. The zero-order valence-corrected chi connectivity index (χ0v) is 11.1. The van der Waals surface area contributed by atoms with Gasteiger partial charge in [-0.25, -0.2) is 0 Å². The molecule has 0 aliphatic rings. The molecule has 3 rings (SSSR count). The predicted octanol–water partition coefficient (Wildman–Crippen LogP) is 1.11. The minimum Gasteiger partial charge on any atom is -0.423 e. The average molecular weight is 260 g/mol. The van der Waals surface area contributed by atoms with Crippen molar-refractivity contribution >= 4 is 40.2 Å². The first-order chi connectivity index (χ1) is 9.63. The van der Waals surface area contributed by atoms with Gasteiger partial charge in [0, 0.05) is 0 Å². The van der Waals surface area contributed by atoms with Crippen molar-refractivity contribution < 1.29 is 10.0 Å². The summed E-state index contributed by atoms with van der Waals surface area (Å²) in [5.74, 6) is 2.56. The van der Waals surface area contributed by atoms with Gasteiger partial charge in [-0.1, -0.05) is 42.3 Å². The Kier molecular flexibility index (Phi) is 2.98. The van der Waals surface area contributed by atoms with Crippen LogP contribution in [0.15, 0.2) is 36.4 Å². The lowest BCUT2D eigenvalue weighted by Crippen LogP contribution is -2.30. The molecule has 0 amide bonds.